The van der Waals surface area contributed by atoms with Gasteiger partial charge in [-0.1, -0.05) is 6.92 Å². The number of H-pyrrole nitrogens is 1. The van der Waals surface area contributed by atoms with E-state index in [1.54, 1.807) is 31.2 Å². The molecular weight excluding hydrogens is 483 g/mol. The fraction of sp³-hybridized carbons (Fsp3) is 0.444. The minimum Gasteiger partial charge on any atom is -0.378 e. The third-order valence-corrected chi connectivity index (χ3v) is 7.20. The van der Waals surface area contributed by atoms with Crippen LogP contribution >= 0.6 is 0 Å². The zero-order valence-corrected chi connectivity index (χ0v) is 21.6. The Morgan fingerprint density at radius 3 is 2.35 bits per heavy atom. The van der Waals surface area contributed by atoms with Crippen LogP contribution in [-0.2, 0) is 6.18 Å². The number of carbonyl (C=O) groups is 1. The Bertz CT molecular complexity index is 1340. The topological polar surface area (TPSA) is 81.3 Å². The summed E-state index contributed by atoms with van der Waals surface area (Å²) in [6, 6.07) is 8.76. The molecule has 2 N–H and O–H groups in total. The molecule has 7 nitrogen and oxygen atoms in total. The quantitative estimate of drug-likeness (QED) is 0.501. The molecule has 198 valence electrons. The van der Waals surface area contributed by atoms with E-state index in [1.807, 2.05) is 4.90 Å². The molecule has 0 aliphatic carbocycles. The maximum atomic E-state index is 14.0. The van der Waals surface area contributed by atoms with Crippen LogP contribution in [0.4, 0.5) is 18.9 Å². The third kappa shape index (κ3) is 5.49. The number of hydrogen-bond donors (Lipinski definition) is 2. The Hall–Kier alpha value is -3.40. The van der Waals surface area contributed by atoms with E-state index in [9.17, 15) is 22.8 Å². The van der Waals surface area contributed by atoms with E-state index in [0.29, 0.717) is 30.8 Å². The lowest BCUT2D eigenvalue weighted by atomic mass is 9.95. The highest BCUT2D eigenvalue weighted by Crippen LogP contribution is 2.38. The normalized spacial score (nSPS) is 19.7. The smallest absolute Gasteiger partial charge is 0.378 e. The predicted molar refractivity (Wildman–Crippen MR) is 138 cm³/mol. The van der Waals surface area contributed by atoms with Crippen molar-refractivity contribution >= 4 is 22.5 Å². The van der Waals surface area contributed by atoms with Crippen LogP contribution in [-0.4, -0.2) is 57.9 Å². The molecule has 37 heavy (non-hydrogen) atoms. The van der Waals surface area contributed by atoms with Gasteiger partial charge in [0.05, 0.1) is 22.5 Å². The molecule has 0 unspecified atom stereocenters. The number of nitrogens with one attached hydrogen (secondary N) is 2. The first-order chi connectivity index (χ1) is 17.4. The summed E-state index contributed by atoms with van der Waals surface area (Å²) in [6.45, 7) is 8.73. The molecule has 0 bridgehead atoms. The lowest BCUT2D eigenvalue weighted by molar-refractivity contribution is -0.138. The number of fused-ring (bicyclic) bond motifs is 1. The van der Waals surface area contributed by atoms with Gasteiger partial charge in [-0.2, -0.15) is 13.2 Å². The van der Waals surface area contributed by atoms with Gasteiger partial charge in [0, 0.05) is 36.4 Å². The fourth-order valence-corrected chi connectivity index (χ4v) is 4.92. The van der Waals surface area contributed by atoms with Crippen LogP contribution in [0.3, 0.4) is 0 Å². The second kappa shape index (κ2) is 10.2. The van der Waals surface area contributed by atoms with Gasteiger partial charge in [0.15, 0.2) is 0 Å². The molecular formula is C27H32F3N5O2. The summed E-state index contributed by atoms with van der Waals surface area (Å²) >= 11 is 0. The number of amides is 1. The summed E-state index contributed by atoms with van der Waals surface area (Å²) in [5.74, 6) is 0.181. The van der Waals surface area contributed by atoms with Gasteiger partial charge in [0.25, 0.3) is 11.5 Å². The Morgan fingerprint density at radius 1 is 1.16 bits per heavy atom. The summed E-state index contributed by atoms with van der Waals surface area (Å²) in [5, 5.41) is 3.26. The van der Waals surface area contributed by atoms with Crippen molar-refractivity contribution in [2.24, 2.45) is 0 Å². The molecule has 3 aromatic rings. The number of piperazine rings is 1. The molecule has 0 spiro atoms. The number of carbonyl (C=O) groups excluding carboxylic acids is 1. The van der Waals surface area contributed by atoms with Crippen LogP contribution < -0.4 is 10.9 Å². The maximum absolute atomic E-state index is 14.0. The van der Waals surface area contributed by atoms with Crippen LogP contribution in [0.2, 0.25) is 0 Å². The first kappa shape index (κ1) is 26.7. The van der Waals surface area contributed by atoms with Gasteiger partial charge in [-0.25, -0.2) is 4.98 Å². The molecule has 1 fully saturated rings. The summed E-state index contributed by atoms with van der Waals surface area (Å²) in [7, 11) is 2.05. The highest BCUT2D eigenvalue weighted by Gasteiger charge is 2.36. The second-order valence-electron chi connectivity index (χ2n) is 9.86. The predicted octanol–water partition coefficient (Wildman–Crippen LogP) is 4.98. The van der Waals surface area contributed by atoms with E-state index >= 15 is 0 Å². The first-order valence-electron chi connectivity index (χ1n) is 12.4. The van der Waals surface area contributed by atoms with E-state index in [0.717, 1.165) is 6.07 Å². The maximum Gasteiger partial charge on any atom is 0.416 e. The number of rotatable bonds is 5. The molecule has 1 amide bonds. The number of aromatic nitrogens is 2. The Balaban J connectivity index is 1.61. The zero-order chi connectivity index (χ0) is 27.1. The molecule has 0 saturated carbocycles. The summed E-state index contributed by atoms with van der Waals surface area (Å²) in [5.41, 5.74) is -0.239. The number of nitrogens with zero attached hydrogens (tertiary/aromatic N) is 3. The van der Waals surface area contributed by atoms with Crippen LogP contribution in [0, 0.1) is 6.92 Å². The molecule has 3 atom stereocenters. The number of aromatic amines is 1. The van der Waals surface area contributed by atoms with Gasteiger partial charge < -0.3 is 15.2 Å². The van der Waals surface area contributed by atoms with Crippen molar-refractivity contribution in [3.05, 3.63) is 69.3 Å². The summed E-state index contributed by atoms with van der Waals surface area (Å²) < 4.78 is 42.1. The van der Waals surface area contributed by atoms with Crippen LogP contribution in [0.15, 0.2) is 41.2 Å². The molecule has 1 aliphatic rings. The van der Waals surface area contributed by atoms with Crippen LogP contribution in [0.1, 0.15) is 60.5 Å². The van der Waals surface area contributed by atoms with Crippen molar-refractivity contribution in [2.45, 2.75) is 58.4 Å². The van der Waals surface area contributed by atoms with Gasteiger partial charge in [-0.15, -0.1) is 0 Å². The van der Waals surface area contributed by atoms with Crippen molar-refractivity contribution in [3.63, 3.8) is 0 Å². The highest BCUT2D eigenvalue weighted by atomic mass is 19.4. The fourth-order valence-electron chi connectivity index (χ4n) is 4.92. The van der Waals surface area contributed by atoms with Crippen LogP contribution in [0.25, 0.3) is 10.9 Å². The number of aryl methyl sites for hydroxylation is 1. The Morgan fingerprint density at radius 2 is 1.78 bits per heavy atom. The average Bonchev–Trinajstić information content (AvgIpc) is 2.84. The molecule has 4 rings (SSSR count). The number of alkyl halides is 3. The lowest BCUT2D eigenvalue weighted by Crippen LogP contribution is -2.56. The van der Waals surface area contributed by atoms with Crippen molar-refractivity contribution < 1.29 is 18.0 Å². The number of halogens is 3. The zero-order valence-electron chi connectivity index (χ0n) is 21.6. The van der Waals surface area contributed by atoms with Gasteiger partial charge in [0.2, 0.25) is 0 Å². The molecule has 10 heteroatoms. The molecule has 1 aliphatic heterocycles. The number of hydrogen-bond acceptors (Lipinski definition) is 5. The summed E-state index contributed by atoms with van der Waals surface area (Å²) in [6.07, 6.45) is -4.28. The van der Waals surface area contributed by atoms with E-state index < -0.39 is 23.3 Å². The molecule has 0 radical (unpaired) electrons. The number of anilines is 1. The molecule has 1 aromatic heterocycles. The Labute approximate surface area is 213 Å². The van der Waals surface area contributed by atoms with Gasteiger partial charge in [0.1, 0.15) is 5.82 Å². The lowest BCUT2D eigenvalue weighted by Gasteiger charge is -2.42. The van der Waals surface area contributed by atoms with Crippen molar-refractivity contribution in [2.75, 3.05) is 25.5 Å². The summed E-state index contributed by atoms with van der Waals surface area (Å²) in [4.78, 5) is 36.2. The van der Waals surface area contributed by atoms with Gasteiger partial charge in [-0.05, 0) is 76.2 Å². The van der Waals surface area contributed by atoms with E-state index in [4.69, 9.17) is 0 Å². The SMILES string of the molecule is CC[C@H](Nc1ccc(C(=O)N2C[C@@H](C)N(C)[C@@H](C)C2)cc1)c1cc2c(=O)[nH]c(C)nc2cc1C(F)(F)F. The minimum absolute atomic E-state index is 0.00239. The van der Waals surface area contributed by atoms with E-state index in [1.165, 1.54) is 13.0 Å². The largest absolute Gasteiger partial charge is 0.416 e. The van der Waals surface area contributed by atoms with Gasteiger partial charge in [-0.3, -0.25) is 14.5 Å². The molecule has 2 heterocycles. The van der Waals surface area contributed by atoms with Crippen molar-refractivity contribution in [1.29, 1.82) is 0 Å². The molecule has 1 saturated heterocycles. The van der Waals surface area contributed by atoms with Crippen LogP contribution in [0.5, 0.6) is 0 Å². The standard InChI is InChI=1S/C27H32F3N5O2/c1-6-23(20-11-21-24(12-22(20)27(28,29)30)31-17(4)32-25(21)36)33-19-9-7-18(8-10-19)26(37)35-13-15(2)34(5)16(3)14-35/h7-12,15-16,23,33H,6,13-14H2,1-5H3,(H,31,32,36)/t15-,16+,23-/m0/s1. The minimum atomic E-state index is -4.62. The van der Waals surface area contributed by atoms with E-state index in [-0.39, 0.29) is 40.3 Å². The van der Waals surface area contributed by atoms with Gasteiger partial charge >= 0.3 is 6.18 Å². The average molecular weight is 516 g/mol. The first-order valence-corrected chi connectivity index (χ1v) is 12.4. The number of likely N-dealkylation sites (N-methyl/N-ethyl adjacent to an activating group) is 1. The van der Waals surface area contributed by atoms with Crippen molar-refractivity contribution in [3.8, 4) is 0 Å². The second-order valence-corrected chi connectivity index (χ2v) is 9.86. The monoisotopic (exact) mass is 515 g/mol. The van der Waals surface area contributed by atoms with E-state index in [2.05, 4.69) is 41.1 Å². The highest BCUT2D eigenvalue weighted by molar-refractivity contribution is 5.94. The Kier molecular flexibility index (Phi) is 7.32. The molecule has 2 aromatic carbocycles. The number of benzene rings is 2. The van der Waals surface area contributed by atoms with Crippen molar-refractivity contribution in [1.82, 2.24) is 19.8 Å². The third-order valence-electron chi connectivity index (χ3n) is 7.20.